The first-order chi connectivity index (χ1) is 13.7. The van der Waals surface area contributed by atoms with E-state index in [-0.39, 0.29) is 12.1 Å². The monoisotopic (exact) mass is 379 g/mol. The lowest BCUT2D eigenvalue weighted by Crippen LogP contribution is -2.35. The minimum Gasteiger partial charge on any atom is -0.480 e. The zero-order chi connectivity index (χ0) is 19.3. The Bertz CT molecular complexity index is 881. The number of aromatic nitrogens is 4. The zero-order valence-corrected chi connectivity index (χ0v) is 15.9. The molecule has 4 rings (SSSR count). The van der Waals surface area contributed by atoms with Crippen LogP contribution in [0.1, 0.15) is 18.5 Å². The summed E-state index contributed by atoms with van der Waals surface area (Å²) in [6.07, 6.45) is 5.18. The molecule has 7 heteroatoms. The van der Waals surface area contributed by atoms with Gasteiger partial charge in [-0.3, -0.25) is 0 Å². The van der Waals surface area contributed by atoms with Crippen LogP contribution in [0, 0.1) is 5.92 Å². The molecule has 0 amide bonds. The largest absolute Gasteiger partial charge is 0.480 e. The third kappa shape index (κ3) is 4.21. The Kier molecular flexibility index (Phi) is 5.64. The molecule has 3 aromatic rings. The average molecular weight is 379 g/mol. The van der Waals surface area contributed by atoms with Crippen molar-refractivity contribution < 1.29 is 9.84 Å². The Labute approximate surface area is 164 Å². The van der Waals surface area contributed by atoms with Gasteiger partial charge in [0.2, 0.25) is 5.88 Å². The fourth-order valence-corrected chi connectivity index (χ4v) is 3.86. The summed E-state index contributed by atoms with van der Waals surface area (Å²) in [4.78, 5) is 4.52. The highest BCUT2D eigenvalue weighted by molar-refractivity contribution is 5.55. The fourth-order valence-electron chi connectivity index (χ4n) is 3.86. The standard InChI is InChI=1S/C21H25N5O2/c1-28-20-8-7-17(24-25-20)13-23-18-11-15(12-19(18)27)14-26-10-9-22-21(26)16-5-3-2-4-6-16/h2-10,15,18-19,23,27H,11-14H2,1H3/t15?,18-,19-/m1/s1. The van der Waals surface area contributed by atoms with Crippen molar-refractivity contribution >= 4 is 0 Å². The van der Waals surface area contributed by atoms with Crippen molar-refractivity contribution in [1.29, 1.82) is 0 Å². The molecule has 1 fully saturated rings. The Morgan fingerprint density at radius 2 is 2.00 bits per heavy atom. The van der Waals surface area contributed by atoms with E-state index in [0.29, 0.717) is 18.3 Å². The number of hydrogen-bond donors (Lipinski definition) is 2. The van der Waals surface area contributed by atoms with Crippen molar-refractivity contribution in [3.05, 3.63) is 60.6 Å². The number of rotatable bonds is 7. The van der Waals surface area contributed by atoms with Crippen LogP contribution in [0.15, 0.2) is 54.9 Å². The Morgan fingerprint density at radius 3 is 2.75 bits per heavy atom. The van der Waals surface area contributed by atoms with E-state index >= 15 is 0 Å². The summed E-state index contributed by atoms with van der Waals surface area (Å²) in [5.74, 6) is 1.87. The van der Waals surface area contributed by atoms with Crippen LogP contribution in [0.5, 0.6) is 5.88 Å². The zero-order valence-electron chi connectivity index (χ0n) is 15.9. The first-order valence-corrected chi connectivity index (χ1v) is 9.57. The molecule has 0 radical (unpaired) electrons. The van der Waals surface area contributed by atoms with E-state index in [2.05, 4.69) is 37.2 Å². The van der Waals surface area contributed by atoms with Gasteiger partial charge in [0.15, 0.2) is 0 Å². The first kappa shape index (κ1) is 18.6. The molecule has 2 heterocycles. The van der Waals surface area contributed by atoms with E-state index in [1.54, 1.807) is 13.2 Å². The molecule has 146 valence electrons. The van der Waals surface area contributed by atoms with Crippen molar-refractivity contribution in [2.45, 2.75) is 38.1 Å². The maximum Gasteiger partial charge on any atom is 0.233 e. The molecule has 0 saturated heterocycles. The molecule has 1 aliphatic rings. The second-order valence-corrected chi connectivity index (χ2v) is 7.23. The van der Waals surface area contributed by atoms with Gasteiger partial charge in [0.05, 0.1) is 18.9 Å². The van der Waals surface area contributed by atoms with Crippen LogP contribution in [0.25, 0.3) is 11.4 Å². The number of nitrogens with one attached hydrogen (secondary N) is 1. The Hall–Kier alpha value is -2.77. The van der Waals surface area contributed by atoms with Gasteiger partial charge >= 0.3 is 0 Å². The van der Waals surface area contributed by atoms with Crippen LogP contribution >= 0.6 is 0 Å². The van der Waals surface area contributed by atoms with E-state index in [9.17, 15) is 5.11 Å². The normalized spacial score (nSPS) is 21.7. The molecule has 28 heavy (non-hydrogen) atoms. The van der Waals surface area contributed by atoms with Crippen molar-refractivity contribution in [2.24, 2.45) is 5.92 Å². The molecule has 0 spiro atoms. The lowest BCUT2D eigenvalue weighted by atomic mass is 10.1. The molecular weight excluding hydrogens is 354 g/mol. The third-order valence-electron chi connectivity index (χ3n) is 5.28. The number of hydrogen-bond acceptors (Lipinski definition) is 6. The molecule has 0 aliphatic heterocycles. The minimum atomic E-state index is -0.361. The number of nitrogens with zero attached hydrogens (tertiary/aromatic N) is 4. The number of methoxy groups -OCH3 is 1. The van der Waals surface area contributed by atoms with E-state index < -0.39 is 0 Å². The van der Waals surface area contributed by atoms with Gasteiger partial charge in [-0.15, -0.1) is 5.10 Å². The summed E-state index contributed by atoms with van der Waals surface area (Å²) in [6.45, 7) is 1.42. The maximum atomic E-state index is 10.5. The second kappa shape index (κ2) is 8.50. The first-order valence-electron chi connectivity index (χ1n) is 9.57. The molecule has 7 nitrogen and oxygen atoms in total. The molecule has 1 unspecified atom stereocenters. The van der Waals surface area contributed by atoms with Crippen LogP contribution in [0.2, 0.25) is 0 Å². The molecule has 0 bridgehead atoms. The van der Waals surface area contributed by atoms with Crippen LogP contribution in [-0.2, 0) is 13.1 Å². The molecule has 3 atom stereocenters. The van der Waals surface area contributed by atoms with Gasteiger partial charge in [0.1, 0.15) is 5.82 Å². The lowest BCUT2D eigenvalue weighted by molar-refractivity contribution is 0.145. The van der Waals surface area contributed by atoms with E-state index in [4.69, 9.17) is 4.74 Å². The molecule has 1 aliphatic carbocycles. The maximum absolute atomic E-state index is 10.5. The lowest BCUT2D eigenvalue weighted by Gasteiger charge is -2.16. The highest BCUT2D eigenvalue weighted by atomic mass is 16.5. The highest BCUT2D eigenvalue weighted by Gasteiger charge is 2.33. The van der Waals surface area contributed by atoms with Gasteiger partial charge in [-0.1, -0.05) is 30.3 Å². The van der Waals surface area contributed by atoms with Crippen LogP contribution in [-0.4, -0.2) is 44.1 Å². The predicted molar refractivity (Wildman–Crippen MR) is 106 cm³/mol. The van der Waals surface area contributed by atoms with Crippen LogP contribution in [0.3, 0.4) is 0 Å². The highest BCUT2D eigenvalue weighted by Crippen LogP contribution is 2.29. The van der Waals surface area contributed by atoms with Gasteiger partial charge in [-0.2, -0.15) is 5.10 Å². The summed E-state index contributed by atoms with van der Waals surface area (Å²) in [7, 11) is 1.57. The Balaban J connectivity index is 1.35. The predicted octanol–water partition coefficient (Wildman–Crippen LogP) is 2.28. The summed E-state index contributed by atoms with van der Waals surface area (Å²) in [5, 5.41) is 22.0. The van der Waals surface area contributed by atoms with Crippen molar-refractivity contribution in [3.63, 3.8) is 0 Å². The fraction of sp³-hybridized carbons (Fsp3) is 0.381. The van der Waals surface area contributed by atoms with Gasteiger partial charge < -0.3 is 19.7 Å². The van der Waals surface area contributed by atoms with E-state index in [0.717, 1.165) is 36.5 Å². The van der Waals surface area contributed by atoms with Gasteiger partial charge in [-0.25, -0.2) is 4.98 Å². The number of benzene rings is 1. The van der Waals surface area contributed by atoms with Crippen molar-refractivity contribution in [1.82, 2.24) is 25.1 Å². The van der Waals surface area contributed by atoms with Crippen LogP contribution in [0.4, 0.5) is 0 Å². The van der Waals surface area contributed by atoms with Gasteiger partial charge in [-0.05, 0) is 24.8 Å². The summed E-state index contributed by atoms with van der Waals surface area (Å²) >= 11 is 0. The third-order valence-corrected chi connectivity index (χ3v) is 5.28. The summed E-state index contributed by atoms with van der Waals surface area (Å²) in [6, 6.07) is 13.9. The SMILES string of the molecule is COc1ccc(CN[C@@H]2CC(Cn3ccnc3-c3ccccc3)C[C@H]2O)nn1. The molecule has 1 aromatic carbocycles. The topological polar surface area (TPSA) is 85.1 Å². The minimum absolute atomic E-state index is 0.0533. The second-order valence-electron chi connectivity index (χ2n) is 7.23. The van der Waals surface area contributed by atoms with E-state index in [1.165, 1.54) is 0 Å². The quantitative estimate of drug-likeness (QED) is 0.655. The number of imidazole rings is 1. The van der Waals surface area contributed by atoms with E-state index in [1.807, 2.05) is 36.7 Å². The number of ether oxygens (including phenoxy) is 1. The van der Waals surface area contributed by atoms with Gasteiger partial charge in [0.25, 0.3) is 0 Å². The molecule has 2 N–H and O–H groups in total. The summed E-state index contributed by atoms with van der Waals surface area (Å²) < 4.78 is 7.21. The van der Waals surface area contributed by atoms with Crippen molar-refractivity contribution in [2.75, 3.05) is 7.11 Å². The smallest absolute Gasteiger partial charge is 0.233 e. The molecule has 1 saturated carbocycles. The molecule has 2 aromatic heterocycles. The molecular formula is C21H25N5O2. The van der Waals surface area contributed by atoms with Gasteiger partial charge in [0, 0.05) is 43.2 Å². The number of aliphatic hydroxyl groups is 1. The van der Waals surface area contributed by atoms with Crippen molar-refractivity contribution in [3.8, 4) is 17.3 Å². The average Bonchev–Trinajstić information content (AvgIpc) is 3.34. The summed E-state index contributed by atoms with van der Waals surface area (Å²) in [5.41, 5.74) is 1.94. The van der Waals surface area contributed by atoms with Crippen LogP contribution < -0.4 is 10.1 Å². The Morgan fingerprint density at radius 1 is 1.14 bits per heavy atom. The number of aliphatic hydroxyl groups excluding tert-OH is 1.